The fraction of sp³-hybridized carbons (Fsp3) is 0.632. The highest BCUT2D eigenvalue weighted by Crippen LogP contribution is 2.29. The number of nitrogens with zero attached hydrogens (tertiary/aromatic N) is 3. The van der Waals surface area contributed by atoms with E-state index in [1.54, 1.807) is 0 Å². The summed E-state index contributed by atoms with van der Waals surface area (Å²) in [5.41, 5.74) is 1.34. The minimum absolute atomic E-state index is 0.349. The minimum atomic E-state index is 0.349. The normalized spacial score (nSPS) is 26.3. The van der Waals surface area contributed by atoms with Gasteiger partial charge in [-0.25, -0.2) is 0 Å². The zero-order valence-electron chi connectivity index (χ0n) is 13.9. The number of benzene rings is 1. The maximum absolute atomic E-state index is 12.3. The van der Waals surface area contributed by atoms with E-state index in [2.05, 4.69) is 45.0 Å². The summed E-state index contributed by atoms with van der Waals surface area (Å²) >= 11 is 0. The van der Waals surface area contributed by atoms with Crippen molar-refractivity contribution >= 4 is 11.6 Å². The standard InChI is InChI=1S/C19H27N3O/c23-19(16-5-4-6-16)21-13-11-20(12-14-21)18-9-10-22(15-18)17-7-2-1-3-8-17/h1-3,7-8,16,18H,4-6,9-15H2/t18-/m1/s1. The SMILES string of the molecule is O=C(C1CCC1)N1CCN([C@@H]2CCN(c3ccccc3)C2)CC1. The summed E-state index contributed by atoms with van der Waals surface area (Å²) in [4.78, 5) is 19.6. The molecule has 3 aliphatic rings. The van der Waals surface area contributed by atoms with Crippen molar-refractivity contribution in [3.8, 4) is 0 Å². The van der Waals surface area contributed by atoms with Crippen LogP contribution in [0.25, 0.3) is 0 Å². The van der Waals surface area contributed by atoms with Crippen LogP contribution < -0.4 is 4.90 Å². The second kappa shape index (κ2) is 6.52. The second-order valence-corrected chi connectivity index (χ2v) is 7.21. The van der Waals surface area contributed by atoms with Crippen molar-refractivity contribution in [2.24, 2.45) is 5.92 Å². The van der Waals surface area contributed by atoms with Crippen LogP contribution in [0.3, 0.4) is 0 Å². The van der Waals surface area contributed by atoms with Gasteiger partial charge >= 0.3 is 0 Å². The molecule has 0 N–H and O–H groups in total. The van der Waals surface area contributed by atoms with Gasteiger partial charge in [-0.15, -0.1) is 0 Å². The van der Waals surface area contributed by atoms with E-state index in [0.717, 1.165) is 52.1 Å². The Kier molecular flexibility index (Phi) is 4.25. The molecule has 2 saturated heterocycles. The molecule has 0 bridgehead atoms. The zero-order chi connectivity index (χ0) is 15.6. The minimum Gasteiger partial charge on any atom is -0.370 e. The molecule has 0 aromatic heterocycles. The quantitative estimate of drug-likeness (QED) is 0.856. The highest BCUT2D eigenvalue weighted by molar-refractivity contribution is 5.79. The number of hydrogen-bond acceptors (Lipinski definition) is 3. The summed E-state index contributed by atoms with van der Waals surface area (Å²) in [6.07, 6.45) is 4.72. The smallest absolute Gasteiger partial charge is 0.225 e. The number of carbonyl (C=O) groups excluding carboxylic acids is 1. The van der Waals surface area contributed by atoms with Gasteiger partial charge in [-0.2, -0.15) is 0 Å². The Morgan fingerprint density at radius 1 is 0.913 bits per heavy atom. The fourth-order valence-corrected chi connectivity index (χ4v) is 4.13. The van der Waals surface area contributed by atoms with Gasteiger partial charge in [0.2, 0.25) is 5.91 Å². The summed E-state index contributed by atoms with van der Waals surface area (Å²) < 4.78 is 0. The van der Waals surface area contributed by atoms with Crippen molar-refractivity contribution < 1.29 is 4.79 Å². The Morgan fingerprint density at radius 3 is 2.30 bits per heavy atom. The molecular formula is C19H27N3O. The van der Waals surface area contributed by atoms with Crippen molar-refractivity contribution in [2.45, 2.75) is 31.7 Å². The number of anilines is 1. The lowest BCUT2D eigenvalue weighted by Gasteiger charge is -2.40. The average Bonchev–Trinajstić information content (AvgIpc) is 3.04. The van der Waals surface area contributed by atoms with Gasteiger partial charge in [-0.05, 0) is 31.4 Å². The predicted octanol–water partition coefficient (Wildman–Crippen LogP) is 2.21. The van der Waals surface area contributed by atoms with Gasteiger partial charge in [0.1, 0.15) is 0 Å². The Bertz CT molecular complexity index is 535. The van der Waals surface area contributed by atoms with Gasteiger partial charge in [-0.1, -0.05) is 24.6 Å². The van der Waals surface area contributed by atoms with E-state index in [-0.39, 0.29) is 0 Å². The number of amides is 1. The Labute approximate surface area is 139 Å². The average molecular weight is 313 g/mol. The Hall–Kier alpha value is -1.55. The number of piperazine rings is 1. The first-order valence-corrected chi connectivity index (χ1v) is 9.14. The Balaban J connectivity index is 1.28. The molecule has 2 heterocycles. The van der Waals surface area contributed by atoms with Crippen molar-refractivity contribution in [1.29, 1.82) is 0 Å². The summed E-state index contributed by atoms with van der Waals surface area (Å²) in [6, 6.07) is 11.4. The molecule has 1 amide bonds. The van der Waals surface area contributed by atoms with Crippen molar-refractivity contribution in [2.75, 3.05) is 44.2 Å². The molecule has 3 fully saturated rings. The summed E-state index contributed by atoms with van der Waals surface area (Å²) in [5, 5.41) is 0. The molecule has 0 spiro atoms. The van der Waals surface area contributed by atoms with E-state index in [4.69, 9.17) is 0 Å². The van der Waals surface area contributed by atoms with Crippen LogP contribution in [-0.2, 0) is 4.79 Å². The highest BCUT2D eigenvalue weighted by Gasteiger charge is 2.34. The third kappa shape index (κ3) is 3.09. The summed E-state index contributed by atoms with van der Waals surface area (Å²) in [7, 11) is 0. The molecule has 124 valence electrons. The first kappa shape index (κ1) is 15.0. The molecule has 1 saturated carbocycles. The van der Waals surface area contributed by atoms with Gasteiger partial charge in [0, 0.05) is 56.9 Å². The van der Waals surface area contributed by atoms with E-state index < -0.39 is 0 Å². The molecule has 1 aromatic rings. The number of rotatable bonds is 3. The van der Waals surface area contributed by atoms with Crippen LogP contribution >= 0.6 is 0 Å². The fourth-order valence-electron chi connectivity index (χ4n) is 4.13. The van der Waals surface area contributed by atoms with Gasteiger partial charge in [0.05, 0.1) is 0 Å². The van der Waals surface area contributed by atoms with E-state index >= 15 is 0 Å². The van der Waals surface area contributed by atoms with Gasteiger partial charge in [-0.3, -0.25) is 9.69 Å². The van der Waals surface area contributed by atoms with E-state index in [1.807, 2.05) is 0 Å². The second-order valence-electron chi connectivity index (χ2n) is 7.21. The molecule has 4 heteroatoms. The molecule has 0 unspecified atom stereocenters. The predicted molar refractivity (Wildman–Crippen MR) is 92.6 cm³/mol. The first-order chi connectivity index (χ1) is 11.3. The number of hydrogen-bond donors (Lipinski definition) is 0. The summed E-state index contributed by atoms with van der Waals surface area (Å²) in [6.45, 7) is 6.22. The summed E-state index contributed by atoms with van der Waals surface area (Å²) in [5.74, 6) is 0.773. The van der Waals surface area contributed by atoms with E-state index in [0.29, 0.717) is 17.9 Å². The van der Waals surface area contributed by atoms with Gasteiger partial charge < -0.3 is 9.80 Å². The van der Waals surface area contributed by atoms with Crippen LogP contribution in [-0.4, -0.2) is 61.0 Å². The van der Waals surface area contributed by atoms with Gasteiger partial charge in [0.15, 0.2) is 0 Å². The molecule has 0 radical (unpaired) electrons. The van der Waals surface area contributed by atoms with Crippen molar-refractivity contribution in [3.05, 3.63) is 30.3 Å². The van der Waals surface area contributed by atoms with Crippen LogP contribution in [0.4, 0.5) is 5.69 Å². The molecule has 2 aliphatic heterocycles. The van der Waals surface area contributed by atoms with Crippen molar-refractivity contribution in [3.63, 3.8) is 0 Å². The van der Waals surface area contributed by atoms with E-state index in [9.17, 15) is 4.79 Å². The lowest BCUT2D eigenvalue weighted by Crippen LogP contribution is -2.54. The first-order valence-electron chi connectivity index (χ1n) is 9.14. The van der Waals surface area contributed by atoms with Crippen LogP contribution in [0.1, 0.15) is 25.7 Å². The van der Waals surface area contributed by atoms with Crippen LogP contribution in [0.2, 0.25) is 0 Å². The third-order valence-electron chi connectivity index (χ3n) is 5.88. The topological polar surface area (TPSA) is 26.8 Å². The maximum Gasteiger partial charge on any atom is 0.225 e. The number of para-hydroxylation sites is 1. The molecule has 23 heavy (non-hydrogen) atoms. The van der Waals surface area contributed by atoms with Crippen LogP contribution in [0.15, 0.2) is 30.3 Å². The van der Waals surface area contributed by atoms with Crippen LogP contribution in [0, 0.1) is 5.92 Å². The molecule has 1 atom stereocenters. The van der Waals surface area contributed by atoms with Crippen LogP contribution in [0.5, 0.6) is 0 Å². The highest BCUT2D eigenvalue weighted by atomic mass is 16.2. The molecule has 4 rings (SSSR count). The third-order valence-corrected chi connectivity index (χ3v) is 5.88. The largest absolute Gasteiger partial charge is 0.370 e. The Morgan fingerprint density at radius 2 is 1.65 bits per heavy atom. The van der Waals surface area contributed by atoms with E-state index in [1.165, 1.54) is 18.5 Å². The molecule has 1 aliphatic carbocycles. The maximum atomic E-state index is 12.3. The zero-order valence-corrected chi connectivity index (χ0v) is 13.9. The lowest BCUT2D eigenvalue weighted by atomic mass is 9.84. The van der Waals surface area contributed by atoms with Crippen molar-refractivity contribution in [1.82, 2.24) is 9.80 Å². The molecule has 4 nitrogen and oxygen atoms in total. The molecule has 1 aromatic carbocycles. The monoisotopic (exact) mass is 313 g/mol. The lowest BCUT2D eigenvalue weighted by molar-refractivity contribution is -0.140. The van der Waals surface area contributed by atoms with Gasteiger partial charge in [0.25, 0.3) is 0 Å². The number of carbonyl (C=O) groups is 1. The molecular weight excluding hydrogens is 286 g/mol.